The molecule has 3 aliphatic heterocycles. The Morgan fingerprint density at radius 1 is 0.974 bits per heavy atom. The van der Waals surface area contributed by atoms with E-state index < -0.39 is 0 Å². The molecule has 2 N–H and O–H groups in total. The van der Waals surface area contributed by atoms with Crippen molar-refractivity contribution in [2.75, 3.05) is 38.2 Å². The highest BCUT2D eigenvalue weighted by atomic mass is 16.5. The number of nitrogens with zero attached hydrogens (tertiary/aromatic N) is 4. The van der Waals surface area contributed by atoms with E-state index in [1.165, 1.54) is 19.3 Å². The molecule has 3 fully saturated rings. The maximum atomic E-state index is 10.5. The highest BCUT2D eigenvalue weighted by Crippen LogP contribution is 2.39. The minimum Gasteiger partial charge on any atom is -0.508 e. The number of aromatic hydroxyl groups is 1. The van der Waals surface area contributed by atoms with Crippen molar-refractivity contribution in [1.29, 1.82) is 0 Å². The second-order valence-electron chi connectivity index (χ2n) is 11.3. The summed E-state index contributed by atoms with van der Waals surface area (Å²) in [6.45, 7) is 5.74. The predicted molar refractivity (Wildman–Crippen MR) is 152 cm³/mol. The van der Waals surface area contributed by atoms with Crippen LogP contribution in [-0.2, 0) is 0 Å². The first-order chi connectivity index (χ1) is 18.5. The Morgan fingerprint density at radius 2 is 1.79 bits per heavy atom. The lowest BCUT2D eigenvalue weighted by Crippen LogP contribution is -2.51. The number of ether oxygens (including phenoxy) is 1. The average Bonchev–Trinajstić information content (AvgIpc) is 3.50. The van der Waals surface area contributed by atoms with Crippen LogP contribution >= 0.6 is 0 Å². The standard InChI is InChI=1S/C31H35N5O2/c1-19-25(28-15-24(37)14-20-6-3-4-8-26(20)28)11-12-27-29(19)33-31(38-18-23-7-5-13-35(23)2)34-30(27)36-16-21-9-10-22(17-36)32-21/h3-4,6,8,11-12,14-15,21-23,32,37H,5,7,9-10,13,16-18H2,1-2H3/t21-,22+,23-/m0/s1. The van der Waals surface area contributed by atoms with Gasteiger partial charge in [0, 0.05) is 36.6 Å². The van der Waals surface area contributed by atoms with Crippen molar-refractivity contribution in [3.63, 3.8) is 0 Å². The number of rotatable bonds is 5. The number of piperazine rings is 1. The van der Waals surface area contributed by atoms with E-state index >= 15 is 0 Å². The lowest BCUT2D eigenvalue weighted by Gasteiger charge is -2.34. The first-order valence-corrected chi connectivity index (χ1v) is 13.9. The van der Waals surface area contributed by atoms with E-state index in [0.29, 0.717) is 30.7 Å². The van der Waals surface area contributed by atoms with Crippen LogP contribution in [0.15, 0.2) is 48.5 Å². The van der Waals surface area contributed by atoms with Crippen LogP contribution in [0.25, 0.3) is 32.8 Å². The highest BCUT2D eigenvalue weighted by Gasteiger charge is 2.34. The predicted octanol–water partition coefficient (Wildman–Crippen LogP) is 4.88. The molecule has 1 aromatic heterocycles. The zero-order chi connectivity index (χ0) is 25.8. The van der Waals surface area contributed by atoms with Crippen molar-refractivity contribution in [3.05, 3.63) is 54.1 Å². The zero-order valence-electron chi connectivity index (χ0n) is 22.2. The molecule has 0 unspecified atom stereocenters. The Labute approximate surface area is 223 Å². The van der Waals surface area contributed by atoms with Gasteiger partial charge < -0.3 is 25.0 Å². The summed E-state index contributed by atoms with van der Waals surface area (Å²) in [5, 5.41) is 17.5. The second kappa shape index (κ2) is 9.40. The van der Waals surface area contributed by atoms with Gasteiger partial charge in [-0.25, -0.2) is 0 Å². The Kier molecular flexibility index (Phi) is 5.86. The van der Waals surface area contributed by atoms with Gasteiger partial charge >= 0.3 is 6.01 Å². The molecule has 0 spiro atoms. The number of likely N-dealkylation sites (N-methyl/N-ethyl adjacent to an activating group) is 1. The van der Waals surface area contributed by atoms with Gasteiger partial charge in [0.1, 0.15) is 18.2 Å². The number of nitrogens with one attached hydrogen (secondary N) is 1. The van der Waals surface area contributed by atoms with Gasteiger partial charge in [0.2, 0.25) is 0 Å². The number of aromatic nitrogens is 2. The fraction of sp³-hybridized carbons (Fsp3) is 0.419. The van der Waals surface area contributed by atoms with Gasteiger partial charge in [-0.2, -0.15) is 9.97 Å². The number of phenols is 1. The second-order valence-corrected chi connectivity index (χ2v) is 11.3. The molecular weight excluding hydrogens is 474 g/mol. The molecular formula is C31H35N5O2. The lowest BCUT2D eigenvalue weighted by atomic mass is 9.93. The van der Waals surface area contributed by atoms with E-state index in [-0.39, 0.29) is 5.75 Å². The summed E-state index contributed by atoms with van der Waals surface area (Å²) in [7, 11) is 2.17. The van der Waals surface area contributed by atoms with Crippen LogP contribution < -0.4 is 15.0 Å². The summed E-state index contributed by atoms with van der Waals surface area (Å²) in [6, 6.07) is 18.1. The molecule has 0 aliphatic carbocycles. The van der Waals surface area contributed by atoms with Crippen molar-refractivity contribution in [1.82, 2.24) is 20.2 Å². The van der Waals surface area contributed by atoms with Crippen LogP contribution in [0.2, 0.25) is 0 Å². The third-order valence-electron chi connectivity index (χ3n) is 8.81. The number of likely N-dealkylation sites (tertiary alicyclic amines) is 1. The Balaban J connectivity index is 1.36. The summed E-state index contributed by atoms with van der Waals surface area (Å²) in [4.78, 5) is 14.8. The lowest BCUT2D eigenvalue weighted by molar-refractivity contribution is 0.188. The Bertz CT molecular complexity index is 1510. The SMILES string of the molecule is Cc1c(-c2cc(O)cc3ccccc23)ccc2c(N3C[C@H]4CC[C@@H](C3)N4)nc(OC[C@@H]3CCCN3C)nc12. The van der Waals surface area contributed by atoms with E-state index in [1.54, 1.807) is 0 Å². The first kappa shape index (κ1) is 23.7. The van der Waals surface area contributed by atoms with Crippen molar-refractivity contribution < 1.29 is 9.84 Å². The summed E-state index contributed by atoms with van der Waals surface area (Å²) in [6.07, 6.45) is 4.79. The van der Waals surface area contributed by atoms with Gasteiger partial charge in [-0.15, -0.1) is 0 Å². The number of aryl methyl sites for hydroxylation is 1. The minimum atomic E-state index is 0.266. The van der Waals surface area contributed by atoms with E-state index in [4.69, 9.17) is 14.7 Å². The van der Waals surface area contributed by atoms with E-state index in [1.807, 2.05) is 30.3 Å². The molecule has 4 aromatic rings. The highest BCUT2D eigenvalue weighted by molar-refractivity contribution is 6.02. The number of hydrogen-bond donors (Lipinski definition) is 2. The summed E-state index contributed by atoms with van der Waals surface area (Å²) < 4.78 is 6.31. The number of hydrogen-bond acceptors (Lipinski definition) is 7. The zero-order valence-corrected chi connectivity index (χ0v) is 22.2. The molecule has 4 heterocycles. The number of benzene rings is 3. The molecule has 7 nitrogen and oxygen atoms in total. The third kappa shape index (κ3) is 4.14. The summed E-state index contributed by atoms with van der Waals surface area (Å²) >= 11 is 0. The topological polar surface area (TPSA) is 73.8 Å². The number of phenolic OH excluding ortho intramolecular Hbond substituents is 1. The van der Waals surface area contributed by atoms with Crippen molar-refractivity contribution in [3.8, 4) is 22.9 Å². The van der Waals surface area contributed by atoms with Crippen LogP contribution in [0.3, 0.4) is 0 Å². The molecule has 0 saturated carbocycles. The normalized spacial score (nSPS) is 23.5. The molecule has 7 heteroatoms. The smallest absolute Gasteiger partial charge is 0.319 e. The molecule has 3 atom stereocenters. The average molecular weight is 510 g/mol. The Hall–Kier alpha value is -3.42. The molecule has 3 saturated heterocycles. The molecule has 3 aromatic carbocycles. The third-order valence-corrected chi connectivity index (χ3v) is 8.81. The van der Waals surface area contributed by atoms with Gasteiger partial charge in [-0.1, -0.05) is 30.3 Å². The van der Waals surface area contributed by atoms with Gasteiger partial charge in [-0.3, -0.25) is 0 Å². The summed E-state index contributed by atoms with van der Waals surface area (Å²) in [5.74, 6) is 1.24. The quantitative estimate of drug-likeness (QED) is 0.397. The molecule has 2 bridgehead atoms. The fourth-order valence-corrected chi connectivity index (χ4v) is 6.74. The molecule has 0 amide bonds. The van der Waals surface area contributed by atoms with E-state index in [9.17, 15) is 5.11 Å². The first-order valence-electron chi connectivity index (χ1n) is 13.9. The molecule has 38 heavy (non-hydrogen) atoms. The summed E-state index contributed by atoms with van der Waals surface area (Å²) in [5.41, 5.74) is 4.06. The van der Waals surface area contributed by atoms with Crippen LogP contribution in [0.5, 0.6) is 11.8 Å². The van der Waals surface area contributed by atoms with Crippen LogP contribution in [0.4, 0.5) is 5.82 Å². The van der Waals surface area contributed by atoms with Gasteiger partial charge in [-0.05, 0) is 91.9 Å². The van der Waals surface area contributed by atoms with Gasteiger partial charge in [0.25, 0.3) is 0 Å². The minimum absolute atomic E-state index is 0.266. The number of anilines is 1. The maximum absolute atomic E-state index is 10.5. The number of fused-ring (bicyclic) bond motifs is 4. The molecule has 196 valence electrons. The van der Waals surface area contributed by atoms with Crippen molar-refractivity contribution in [2.45, 2.75) is 50.7 Å². The monoisotopic (exact) mass is 509 g/mol. The van der Waals surface area contributed by atoms with Gasteiger partial charge in [0.05, 0.1) is 5.52 Å². The molecule has 7 rings (SSSR count). The molecule has 0 radical (unpaired) electrons. The van der Waals surface area contributed by atoms with Crippen LogP contribution in [0, 0.1) is 6.92 Å². The van der Waals surface area contributed by atoms with Gasteiger partial charge in [0.15, 0.2) is 0 Å². The maximum Gasteiger partial charge on any atom is 0.319 e. The van der Waals surface area contributed by atoms with Crippen molar-refractivity contribution >= 4 is 27.5 Å². The fourth-order valence-electron chi connectivity index (χ4n) is 6.74. The van der Waals surface area contributed by atoms with E-state index in [2.05, 4.69) is 47.3 Å². The van der Waals surface area contributed by atoms with E-state index in [0.717, 1.165) is 70.2 Å². The Morgan fingerprint density at radius 3 is 2.58 bits per heavy atom. The largest absolute Gasteiger partial charge is 0.508 e. The van der Waals surface area contributed by atoms with Crippen LogP contribution in [0.1, 0.15) is 31.2 Å². The molecule has 3 aliphatic rings. The van der Waals surface area contributed by atoms with Crippen molar-refractivity contribution in [2.24, 2.45) is 0 Å². The van der Waals surface area contributed by atoms with Crippen LogP contribution in [-0.4, -0.2) is 71.4 Å².